The molecule has 32 heavy (non-hydrogen) atoms. The number of hydrogen-bond acceptors (Lipinski definition) is 5. The van der Waals surface area contributed by atoms with Crippen LogP contribution in [0.2, 0.25) is 0 Å². The van der Waals surface area contributed by atoms with Crippen molar-refractivity contribution < 1.29 is 23.1 Å². The number of hydrazine groups is 1. The number of nitrogens with one attached hydrogen (secondary N) is 2. The monoisotopic (exact) mass is 444 g/mol. The van der Waals surface area contributed by atoms with Crippen molar-refractivity contribution >= 4 is 17.5 Å². The molecule has 0 aromatic heterocycles. The SMILES string of the molecule is COCCN1CC(C(=O)NCc2c(F)cccc2F)C2NN(c3ccccc3)C(=O)C2C1. The summed E-state index contributed by atoms with van der Waals surface area (Å²) in [6.45, 7) is 1.67. The second kappa shape index (κ2) is 9.72. The molecule has 2 aromatic rings. The number of halogens is 2. The number of piperidine rings is 1. The fourth-order valence-electron chi connectivity index (χ4n) is 4.36. The van der Waals surface area contributed by atoms with Gasteiger partial charge < -0.3 is 10.1 Å². The van der Waals surface area contributed by atoms with Crippen LogP contribution in [0.5, 0.6) is 0 Å². The molecular formula is C23H26F2N4O3. The summed E-state index contributed by atoms with van der Waals surface area (Å²) in [4.78, 5) is 28.3. The Morgan fingerprint density at radius 2 is 1.84 bits per heavy atom. The number of ether oxygens (including phenoxy) is 1. The van der Waals surface area contributed by atoms with Crippen LogP contribution in [0, 0.1) is 23.5 Å². The van der Waals surface area contributed by atoms with Gasteiger partial charge in [0.1, 0.15) is 11.6 Å². The van der Waals surface area contributed by atoms with E-state index in [1.807, 2.05) is 35.2 Å². The summed E-state index contributed by atoms with van der Waals surface area (Å²) >= 11 is 0. The number of amides is 2. The van der Waals surface area contributed by atoms with Gasteiger partial charge in [-0.2, -0.15) is 0 Å². The molecular weight excluding hydrogens is 418 g/mol. The number of nitrogens with zero attached hydrogens (tertiary/aromatic N) is 2. The Hall–Kier alpha value is -2.88. The van der Waals surface area contributed by atoms with Crippen LogP contribution in [-0.4, -0.2) is 56.1 Å². The van der Waals surface area contributed by atoms with Crippen molar-refractivity contribution in [1.82, 2.24) is 15.6 Å². The van der Waals surface area contributed by atoms with E-state index < -0.39 is 29.5 Å². The van der Waals surface area contributed by atoms with Crippen LogP contribution in [0.3, 0.4) is 0 Å². The molecule has 2 aromatic carbocycles. The van der Waals surface area contributed by atoms with Crippen molar-refractivity contribution in [3.05, 3.63) is 65.7 Å². The number of hydrogen-bond donors (Lipinski definition) is 2. The van der Waals surface area contributed by atoms with Crippen molar-refractivity contribution in [3.8, 4) is 0 Å². The number of likely N-dealkylation sites (tertiary alicyclic amines) is 1. The molecule has 0 saturated carbocycles. The Morgan fingerprint density at radius 3 is 2.53 bits per heavy atom. The first-order chi connectivity index (χ1) is 15.5. The van der Waals surface area contributed by atoms with E-state index in [-0.39, 0.29) is 23.9 Å². The van der Waals surface area contributed by atoms with Crippen LogP contribution in [0.1, 0.15) is 5.56 Å². The standard InChI is InChI=1S/C23H26F2N4O3/c1-32-11-10-28-13-17(22(30)26-12-16-19(24)8-5-9-20(16)25)21-18(14-28)23(31)29(27-21)15-6-3-2-4-7-15/h2-9,17-18,21,27H,10-14H2,1H3,(H,26,30). The van der Waals surface area contributed by atoms with Crippen LogP contribution in [-0.2, 0) is 20.9 Å². The fourth-order valence-corrected chi connectivity index (χ4v) is 4.36. The van der Waals surface area contributed by atoms with E-state index in [9.17, 15) is 18.4 Å². The molecule has 2 heterocycles. The average Bonchev–Trinajstić information content (AvgIpc) is 3.13. The van der Waals surface area contributed by atoms with Gasteiger partial charge in [0.05, 0.1) is 30.2 Å². The van der Waals surface area contributed by atoms with Crippen LogP contribution in [0.4, 0.5) is 14.5 Å². The van der Waals surface area contributed by atoms with E-state index in [0.29, 0.717) is 31.9 Å². The largest absolute Gasteiger partial charge is 0.383 e. The smallest absolute Gasteiger partial charge is 0.247 e. The molecule has 0 radical (unpaired) electrons. The summed E-state index contributed by atoms with van der Waals surface area (Å²) in [7, 11) is 1.60. The van der Waals surface area contributed by atoms with Crippen molar-refractivity contribution in [1.29, 1.82) is 0 Å². The lowest BCUT2D eigenvalue weighted by Gasteiger charge is -2.38. The van der Waals surface area contributed by atoms with Gasteiger partial charge in [0.15, 0.2) is 0 Å². The highest BCUT2D eigenvalue weighted by molar-refractivity contribution is 5.98. The summed E-state index contributed by atoms with van der Waals surface area (Å²) in [6, 6.07) is 12.3. The zero-order valence-corrected chi connectivity index (χ0v) is 17.8. The van der Waals surface area contributed by atoms with Gasteiger partial charge in [-0.15, -0.1) is 0 Å². The van der Waals surface area contributed by atoms with Crippen LogP contribution in [0.15, 0.2) is 48.5 Å². The lowest BCUT2D eigenvalue weighted by Crippen LogP contribution is -2.57. The maximum atomic E-state index is 14.0. The summed E-state index contributed by atoms with van der Waals surface area (Å²) in [5, 5.41) is 4.15. The molecule has 7 nitrogen and oxygen atoms in total. The molecule has 2 fully saturated rings. The van der Waals surface area contributed by atoms with Gasteiger partial charge >= 0.3 is 0 Å². The van der Waals surface area contributed by atoms with E-state index in [1.165, 1.54) is 11.1 Å². The van der Waals surface area contributed by atoms with Crippen LogP contribution >= 0.6 is 0 Å². The zero-order chi connectivity index (χ0) is 22.7. The number of para-hydroxylation sites is 1. The van der Waals surface area contributed by atoms with Gasteiger partial charge in [-0.3, -0.25) is 14.5 Å². The maximum absolute atomic E-state index is 14.0. The Kier molecular flexibility index (Phi) is 6.78. The minimum Gasteiger partial charge on any atom is -0.383 e. The van der Waals surface area contributed by atoms with Gasteiger partial charge in [0.25, 0.3) is 0 Å². The molecule has 0 spiro atoms. The Balaban J connectivity index is 1.53. The van der Waals surface area contributed by atoms with Gasteiger partial charge in [-0.1, -0.05) is 24.3 Å². The van der Waals surface area contributed by atoms with Crippen molar-refractivity contribution in [3.63, 3.8) is 0 Å². The highest BCUT2D eigenvalue weighted by Crippen LogP contribution is 2.32. The first-order valence-electron chi connectivity index (χ1n) is 10.6. The number of methoxy groups -OCH3 is 1. The minimum absolute atomic E-state index is 0.110. The third-order valence-corrected chi connectivity index (χ3v) is 6.06. The van der Waals surface area contributed by atoms with Crippen LogP contribution in [0.25, 0.3) is 0 Å². The molecule has 170 valence electrons. The molecule has 3 atom stereocenters. The number of benzene rings is 2. The number of carbonyl (C=O) groups is 2. The third kappa shape index (κ3) is 4.50. The maximum Gasteiger partial charge on any atom is 0.247 e. The van der Waals surface area contributed by atoms with Crippen molar-refractivity contribution in [2.45, 2.75) is 12.6 Å². The lowest BCUT2D eigenvalue weighted by atomic mass is 9.84. The average molecular weight is 444 g/mol. The number of rotatable bonds is 7. The van der Waals surface area contributed by atoms with Crippen molar-refractivity contribution in [2.24, 2.45) is 11.8 Å². The van der Waals surface area contributed by atoms with Gasteiger partial charge in [0.2, 0.25) is 11.8 Å². The number of carbonyl (C=O) groups excluding carboxylic acids is 2. The molecule has 0 aliphatic carbocycles. The summed E-state index contributed by atoms with van der Waals surface area (Å²) < 4.78 is 33.1. The van der Waals surface area contributed by atoms with Crippen molar-refractivity contribution in [2.75, 3.05) is 38.4 Å². The molecule has 3 unspecified atom stereocenters. The predicted molar refractivity (Wildman–Crippen MR) is 114 cm³/mol. The van der Waals surface area contributed by atoms with E-state index in [1.54, 1.807) is 7.11 Å². The van der Waals surface area contributed by atoms with Crippen LogP contribution < -0.4 is 15.8 Å². The predicted octanol–water partition coefficient (Wildman–Crippen LogP) is 1.70. The van der Waals surface area contributed by atoms with E-state index in [0.717, 1.165) is 12.1 Å². The van der Waals surface area contributed by atoms with E-state index in [2.05, 4.69) is 10.7 Å². The second-order valence-corrected chi connectivity index (χ2v) is 8.05. The Morgan fingerprint density at radius 1 is 1.12 bits per heavy atom. The summed E-state index contributed by atoms with van der Waals surface area (Å²) in [5.74, 6) is -2.91. The molecule has 2 aliphatic rings. The quantitative estimate of drug-likeness (QED) is 0.680. The molecule has 2 aliphatic heterocycles. The highest BCUT2D eigenvalue weighted by atomic mass is 19.1. The summed E-state index contributed by atoms with van der Waals surface area (Å²) in [6.07, 6.45) is 0. The molecule has 0 bridgehead atoms. The Labute approximate surface area is 185 Å². The summed E-state index contributed by atoms with van der Waals surface area (Å²) in [5.41, 5.74) is 3.71. The first kappa shape index (κ1) is 22.3. The molecule has 2 N–H and O–H groups in total. The van der Waals surface area contributed by atoms with Gasteiger partial charge in [-0.25, -0.2) is 19.2 Å². The molecule has 2 saturated heterocycles. The second-order valence-electron chi connectivity index (χ2n) is 8.05. The minimum atomic E-state index is -0.710. The fraction of sp³-hybridized carbons (Fsp3) is 0.391. The highest BCUT2D eigenvalue weighted by Gasteiger charge is 2.50. The topological polar surface area (TPSA) is 73.9 Å². The third-order valence-electron chi connectivity index (χ3n) is 6.06. The Bertz CT molecular complexity index is 955. The normalized spacial score (nSPS) is 23.3. The number of anilines is 1. The van der Waals surface area contributed by atoms with E-state index in [4.69, 9.17) is 4.74 Å². The molecule has 4 rings (SSSR count). The van der Waals surface area contributed by atoms with Gasteiger partial charge in [-0.05, 0) is 24.3 Å². The van der Waals surface area contributed by atoms with Gasteiger partial charge in [0, 0.05) is 38.9 Å². The zero-order valence-electron chi connectivity index (χ0n) is 17.8. The lowest BCUT2D eigenvalue weighted by molar-refractivity contribution is -0.130. The first-order valence-corrected chi connectivity index (χ1v) is 10.6. The number of fused-ring (bicyclic) bond motifs is 1. The molecule has 2 amide bonds. The van der Waals surface area contributed by atoms with E-state index >= 15 is 0 Å². The molecule has 9 heteroatoms.